The molecule has 0 aliphatic carbocycles. The minimum Gasteiger partial charge on any atom is -0.383 e. The van der Waals surface area contributed by atoms with Gasteiger partial charge in [0.25, 0.3) is 11.8 Å². The Kier molecular flexibility index (Phi) is 26.0. The van der Waals surface area contributed by atoms with Crippen LogP contribution < -0.4 is 31.1 Å². The van der Waals surface area contributed by atoms with E-state index in [1.54, 1.807) is 24.2 Å². The van der Waals surface area contributed by atoms with Crippen molar-refractivity contribution in [3.8, 4) is 32.1 Å². The molecule has 2 atom stereocenters. The molecule has 2 aromatic carbocycles. The molecule has 4 saturated heterocycles. The number of anilines is 4. The molecule has 0 saturated carbocycles. The van der Waals surface area contributed by atoms with Crippen molar-refractivity contribution >= 4 is 136 Å². The molecular weight excluding hydrogens is 1470 g/mol. The number of aromatic nitrogens is 8. The van der Waals surface area contributed by atoms with Crippen LogP contribution in [0.5, 0.6) is 0 Å². The number of fused-ring (bicyclic) bond motifs is 6. The third-order valence-electron chi connectivity index (χ3n) is 18.8. The van der Waals surface area contributed by atoms with Crippen LogP contribution in [0, 0.1) is 9.86 Å². The van der Waals surface area contributed by atoms with Crippen LogP contribution in [0.25, 0.3) is 55.4 Å². The summed E-state index contributed by atoms with van der Waals surface area (Å²) in [5, 5.41) is 16.1. The molecule has 12 rings (SSSR count). The number of amides is 6. The molecular formula is C73H101BrN16O7Si2Sn. The number of piperazine rings is 2. The van der Waals surface area contributed by atoms with Gasteiger partial charge in [-0.3, -0.25) is 35.0 Å². The second-order valence-electron chi connectivity index (χ2n) is 28.6. The van der Waals surface area contributed by atoms with Crippen molar-refractivity contribution in [3.05, 3.63) is 95.5 Å². The fourth-order valence-electron chi connectivity index (χ4n) is 13.0. The van der Waals surface area contributed by atoms with E-state index in [-0.39, 0.29) is 55.4 Å². The van der Waals surface area contributed by atoms with Gasteiger partial charge >= 0.3 is 120 Å². The predicted molar refractivity (Wildman–Crippen MR) is 412 cm³/mol. The molecule has 6 amide bonds. The minimum atomic E-state index is -2.02. The largest absolute Gasteiger partial charge is 0.383 e. The monoisotopic (exact) mass is 1570 g/mol. The summed E-state index contributed by atoms with van der Waals surface area (Å²) in [7, 11) is -2.60. The van der Waals surface area contributed by atoms with Crippen LogP contribution in [-0.4, -0.2) is 191 Å². The number of hydrogen-bond acceptors (Lipinski definition) is 17. The smallest absolute Gasteiger partial charge is 0.324 e. The summed E-state index contributed by atoms with van der Waals surface area (Å²) in [5.74, 6) is 4.44. The third kappa shape index (κ3) is 17.8. The summed E-state index contributed by atoms with van der Waals surface area (Å²) in [6.07, 6.45) is 15.7. The molecule has 0 bridgehead atoms. The Morgan fingerprint density at radius 1 is 0.660 bits per heavy atom. The maximum atomic E-state index is 13.0. The Balaban J connectivity index is 0.000000196. The quantitative estimate of drug-likeness (QED) is 0.0114. The zero-order chi connectivity index (χ0) is 70.8. The average Bonchev–Trinajstić information content (AvgIpc) is 1.52. The van der Waals surface area contributed by atoms with Crippen LogP contribution in [0.3, 0.4) is 0 Å². The van der Waals surface area contributed by atoms with E-state index in [1.165, 1.54) is 61.3 Å². The number of carbonyl (C=O) groups is 5. The molecule has 4 aliphatic rings. The van der Waals surface area contributed by atoms with Gasteiger partial charge in [-0.1, -0.05) is 90.0 Å². The first-order valence-electron chi connectivity index (χ1n) is 35.0. The number of ketones is 1. The van der Waals surface area contributed by atoms with Crippen molar-refractivity contribution in [1.29, 1.82) is 0 Å². The van der Waals surface area contributed by atoms with E-state index in [4.69, 9.17) is 35.3 Å². The molecule has 10 heterocycles. The summed E-state index contributed by atoms with van der Waals surface area (Å²) in [6.45, 7) is 28.9. The number of unbranched alkanes of at least 4 members (excludes halogenated alkanes) is 3. The molecule has 2 unspecified atom stereocenters. The van der Waals surface area contributed by atoms with Gasteiger partial charge in [0.1, 0.15) is 53.0 Å². The van der Waals surface area contributed by atoms with Gasteiger partial charge in [-0.05, 0) is 52.3 Å². The van der Waals surface area contributed by atoms with Gasteiger partial charge in [-0.2, -0.15) is 19.2 Å². The van der Waals surface area contributed by atoms with Gasteiger partial charge < -0.3 is 39.7 Å². The molecule has 534 valence electrons. The van der Waals surface area contributed by atoms with Gasteiger partial charge in [0.2, 0.25) is 0 Å². The number of para-hydroxylation sites is 2. The van der Waals surface area contributed by atoms with Gasteiger partial charge in [-0.15, -0.1) is 0 Å². The van der Waals surface area contributed by atoms with Crippen LogP contribution in [0.2, 0.25) is 64.7 Å². The number of ether oxygens (including phenoxy) is 2. The number of nitrogens with zero attached hydrogens (tertiary/aromatic N) is 13. The van der Waals surface area contributed by atoms with E-state index in [9.17, 15) is 24.0 Å². The van der Waals surface area contributed by atoms with E-state index in [0.29, 0.717) is 86.8 Å². The van der Waals surface area contributed by atoms with E-state index in [0.717, 1.165) is 62.0 Å². The van der Waals surface area contributed by atoms with Crippen LogP contribution >= 0.6 is 15.9 Å². The Bertz CT molecular complexity index is 4280. The number of nitrogens with one attached hydrogen (secondary N) is 2. The van der Waals surface area contributed by atoms with Gasteiger partial charge in [0.05, 0.1) is 23.4 Å². The number of Topliss-reactive ketones (excluding diaryl/α,β-unsaturated/α-hetero) is 1. The second-order valence-corrected chi connectivity index (χ2v) is 52.9. The number of nitrogen functional groups attached to an aromatic ring is 1. The normalized spacial score (nSPS) is 16.2. The topological polar surface area (TPSA) is 256 Å². The Labute approximate surface area is 603 Å². The molecule has 4 aliphatic heterocycles. The Morgan fingerprint density at radius 3 is 1.57 bits per heavy atom. The number of urea groups is 2. The van der Waals surface area contributed by atoms with E-state index >= 15 is 0 Å². The van der Waals surface area contributed by atoms with E-state index < -0.39 is 52.6 Å². The van der Waals surface area contributed by atoms with Gasteiger partial charge in [0.15, 0.2) is 22.9 Å². The molecule has 8 aromatic rings. The summed E-state index contributed by atoms with van der Waals surface area (Å²) >= 11 is 1.90. The van der Waals surface area contributed by atoms with Crippen molar-refractivity contribution in [2.75, 3.05) is 86.4 Å². The molecule has 100 heavy (non-hydrogen) atoms. The van der Waals surface area contributed by atoms with E-state index in [1.807, 2.05) is 76.4 Å². The fraction of sp³-hybridized carbons (Fsp3) is 0.493. The predicted octanol–water partition coefficient (Wildman–Crippen LogP) is 13.8. The number of hydrogen-bond donors (Lipinski definition) is 3. The van der Waals surface area contributed by atoms with Crippen molar-refractivity contribution in [2.24, 2.45) is 0 Å². The maximum absolute atomic E-state index is 13.0. The minimum absolute atomic E-state index is 0. The van der Waals surface area contributed by atoms with Crippen LogP contribution in [0.1, 0.15) is 97.3 Å². The number of benzene rings is 2. The SMILES string of the molecule is C.CC#[C][Sn]([CH2]CCC)([CH2]CCC)[CH2]CCC.CCC(=O)c1c(N2CCN3C(=O)NC(=O)C3C2)nc2c(-c3cnc4ccccc4c3)cnn2c1N.C[Si](C)(C)CCOCN(COCC[Si](C)(C)C)c1c(Br)c(N2CCN3C(=O)NC(=O)C3C2)nc2c(-c3cnc4ccccc4c3)cnn12. The van der Waals surface area contributed by atoms with Crippen molar-refractivity contribution in [1.82, 2.24) is 59.6 Å². The first kappa shape index (κ1) is 76.6. The van der Waals surface area contributed by atoms with Gasteiger partial charge in [0, 0.05) is 120 Å². The summed E-state index contributed by atoms with van der Waals surface area (Å²) in [5.41, 5.74) is 12.9. The molecule has 6 aromatic heterocycles. The van der Waals surface area contributed by atoms with Crippen molar-refractivity contribution < 1.29 is 33.4 Å². The van der Waals surface area contributed by atoms with Crippen LogP contribution in [-0.2, 0) is 19.1 Å². The number of carbonyl (C=O) groups excluding carboxylic acids is 5. The molecule has 4 N–H and O–H groups in total. The summed E-state index contributed by atoms with van der Waals surface area (Å²) < 4.78 is 25.0. The zero-order valence-electron chi connectivity index (χ0n) is 59.4. The summed E-state index contributed by atoms with van der Waals surface area (Å²) in [4.78, 5) is 90.8. The third-order valence-corrected chi connectivity index (χ3v) is 36.3. The van der Waals surface area contributed by atoms with Gasteiger partial charge in [-0.25, -0.2) is 19.6 Å². The molecule has 27 heteroatoms. The number of pyridine rings is 2. The number of nitrogens with two attached hydrogens (primary N) is 1. The summed E-state index contributed by atoms with van der Waals surface area (Å²) in [6, 6.07) is 20.1. The Hall–Kier alpha value is -7.56. The molecule has 0 radical (unpaired) electrons. The zero-order valence-corrected chi connectivity index (χ0v) is 65.9. The van der Waals surface area contributed by atoms with Crippen LogP contribution in [0.4, 0.5) is 32.9 Å². The van der Waals surface area contributed by atoms with Crippen molar-refractivity contribution in [2.45, 2.75) is 164 Å². The number of halogens is 1. The first-order chi connectivity index (χ1) is 47.5. The number of imide groups is 2. The maximum Gasteiger partial charge on any atom is 0.324 e. The fourth-order valence-corrected chi connectivity index (χ4v) is 28.8. The molecule has 23 nitrogen and oxygen atoms in total. The van der Waals surface area contributed by atoms with Crippen LogP contribution in [0.15, 0.2) is 89.9 Å². The first-order valence-corrected chi connectivity index (χ1v) is 50.7. The van der Waals surface area contributed by atoms with E-state index in [2.05, 4.69) is 129 Å². The number of rotatable bonds is 26. The van der Waals surface area contributed by atoms with Crippen molar-refractivity contribution in [3.63, 3.8) is 0 Å². The average molecular weight is 1570 g/mol. The standard InChI is InChI=1S/C33H45BrN8O4Si2.C24H22N8O3.3C4H9.C3H3.CH4.Sn/c1-47(2,3)15-13-45-21-40(22-46-14-16-48(4,5)6)32-28(34)30(39-11-12-41-27(20-39)31(43)38-33(41)44)37-29-25(19-36-42(29)32)24-17-23-9-7-8-10-26(23)35-18-24;1-2-18(33)19-20(25)32-21(15(11-27-32)14-9-13-5-3-4-6-16(13)26-10-14)28-22(19)30-7-8-31-17(12-30)23(34)29-24(31)35;3*1-3-4-2;1-3-2;;/h7-10,17-19,27H,11-16,20-22H2,1-6H3,(H,38,43,44);3-6,9-11,17H,2,7-8,12,25H2,1H3,(H,29,34,35);3*1,3-4H2,2H3;1H3;1H4;. The second kappa shape index (κ2) is 33.9. The Morgan fingerprint density at radius 2 is 1.11 bits per heavy atom. The molecule has 0 spiro atoms. The molecule has 4 fully saturated rings.